The predicted octanol–water partition coefficient (Wildman–Crippen LogP) is 2.97. The Balaban J connectivity index is 2.46. The number of nitrogens with zero attached hydrogens (tertiary/aromatic N) is 1. The van der Waals surface area contributed by atoms with Crippen LogP contribution in [0.15, 0.2) is 23.4 Å². The highest BCUT2D eigenvalue weighted by Crippen LogP contribution is 2.29. The van der Waals surface area contributed by atoms with Gasteiger partial charge in [-0.25, -0.2) is 4.98 Å². The maximum atomic E-state index is 12.2. The van der Waals surface area contributed by atoms with Crippen LogP contribution in [0.3, 0.4) is 0 Å². The lowest BCUT2D eigenvalue weighted by molar-refractivity contribution is -0.137. The van der Waals surface area contributed by atoms with Gasteiger partial charge in [-0.05, 0) is 30.7 Å². The number of thioether (sulfide) groups is 1. The summed E-state index contributed by atoms with van der Waals surface area (Å²) in [7, 11) is 0. The number of pyridine rings is 1. The van der Waals surface area contributed by atoms with Crippen molar-refractivity contribution in [3.63, 3.8) is 0 Å². The van der Waals surface area contributed by atoms with Crippen LogP contribution in [0.5, 0.6) is 0 Å². The standard InChI is InChI=1S/C10H12F3NOS/c11-10(12,13)8-3-4-9(14-7-8)16-6-2-1-5-15/h3-4,7,15H,1-2,5-6H2. The molecule has 0 fully saturated rings. The number of rotatable bonds is 5. The first kappa shape index (κ1) is 13.3. The van der Waals surface area contributed by atoms with Crippen molar-refractivity contribution in [2.45, 2.75) is 24.0 Å². The van der Waals surface area contributed by atoms with Crippen LogP contribution in [0.4, 0.5) is 13.2 Å². The molecule has 16 heavy (non-hydrogen) atoms. The molecule has 0 saturated carbocycles. The molecule has 1 rings (SSSR count). The lowest BCUT2D eigenvalue weighted by atomic mass is 10.3. The molecule has 0 atom stereocenters. The molecule has 0 aliphatic heterocycles. The molecule has 1 aromatic rings. The van der Waals surface area contributed by atoms with E-state index in [0.717, 1.165) is 24.4 Å². The number of alkyl halides is 3. The van der Waals surface area contributed by atoms with Crippen LogP contribution in [0.2, 0.25) is 0 Å². The van der Waals surface area contributed by atoms with Crippen LogP contribution in [0.25, 0.3) is 0 Å². The summed E-state index contributed by atoms with van der Waals surface area (Å²) in [6.07, 6.45) is -1.96. The summed E-state index contributed by atoms with van der Waals surface area (Å²) in [4.78, 5) is 3.72. The largest absolute Gasteiger partial charge is 0.417 e. The minimum absolute atomic E-state index is 0.140. The van der Waals surface area contributed by atoms with E-state index in [9.17, 15) is 13.2 Å². The van der Waals surface area contributed by atoms with E-state index < -0.39 is 11.7 Å². The van der Waals surface area contributed by atoms with Gasteiger partial charge in [0.25, 0.3) is 0 Å². The van der Waals surface area contributed by atoms with Gasteiger partial charge in [-0.3, -0.25) is 0 Å². The van der Waals surface area contributed by atoms with Gasteiger partial charge < -0.3 is 5.11 Å². The van der Waals surface area contributed by atoms with Crippen molar-refractivity contribution in [2.24, 2.45) is 0 Å². The summed E-state index contributed by atoms with van der Waals surface area (Å²) >= 11 is 1.39. The van der Waals surface area contributed by atoms with Gasteiger partial charge in [0.05, 0.1) is 10.6 Å². The zero-order valence-electron chi connectivity index (χ0n) is 8.50. The van der Waals surface area contributed by atoms with Gasteiger partial charge in [-0.2, -0.15) is 13.2 Å². The van der Waals surface area contributed by atoms with Crippen LogP contribution >= 0.6 is 11.8 Å². The molecule has 0 spiro atoms. The fourth-order valence-electron chi connectivity index (χ4n) is 1.02. The number of aliphatic hydroxyl groups is 1. The molecule has 1 N–H and O–H groups in total. The molecule has 6 heteroatoms. The first-order valence-electron chi connectivity index (χ1n) is 4.81. The van der Waals surface area contributed by atoms with E-state index in [4.69, 9.17) is 5.11 Å². The predicted molar refractivity (Wildman–Crippen MR) is 56.3 cm³/mol. The highest BCUT2D eigenvalue weighted by atomic mass is 32.2. The second-order valence-corrected chi connectivity index (χ2v) is 4.28. The summed E-state index contributed by atoms with van der Waals surface area (Å²) in [5, 5.41) is 9.11. The van der Waals surface area contributed by atoms with E-state index in [1.807, 2.05) is 0 Å². The second kappa shape index (κ2) is 6.10. The molecule has 90 valence electrons. The first-order valence-corrected chi connectivity index (χ1v) is 5.79. The average Bonchev–Trinajstić information content (AvgIpc) is 2.24. The van der Waals surface area contributed by atoms with Gasteiger partial charge in [0, 0.05) is 12.8 Å². The van der Waals surface area contributed by atoms with Crippen molar-refractivity contribution in [3.8, 4) is 0 Å². The SMILES string of the molecule is OCCCCSc1ccc(C(F)(F)F)cn1. The zero-order chi connectivity index (χ0) is 12.0. The minimum Gasteiger partial charge on any atom is -0.396 e. The molecule has 0 aliphatic carbocycles. The Kier molecular flexibility index (Phi) is 5.08. The van der Waals surface area contributed by atoms with Crippen molar-refractivity contribution in [1.82, 2.24) is 4.98 Å². The third-order valence-electron chi connectivity index (χ3n) is 1.87. The smallest absolute Gasteiger partial charge is 0.396 e. The second-order valence-electron chi connectivity index (χ2n) is 3.16. The third kappa shape index (κ3) is 4.40. The van der Waals surface area contributed by atoms with Gasteiger partial charge in [0.1, 0.15) is 0 Å². The van der Waals surface area contributed by atoms with Crippen molar-refractivity contribution in [2.75, 3.05) is 12.4 Å². The number of hydrogen-bond donors (Lipinski definition) is 1. The quantitative estimate of drug-likeness (QED) is 0.645. The van der Waals surface area contributed by atoms with Gasteiger partial charge in [0.15, 0.2) is 0 Å². The Labute approximate surface area is 95.9 Å². The van der Waals surface area contributed by atoms with Crippen LogP contribution in [0.1, 0.15) is 18.4 Å². The van der Waals surface area contributed by atoms with Crippen molar-refractivity contribution in [1.29, 1.82) is 0 Å². The Hall–Kier alpha value is -0.750. The average molecular weight is 251 g/mol. The van der Waals surface area contributed by atoms with Gasteiger partial charge in [-0.15, -0.1) is 11.8 Å². The lowest BCUT2D eigenvalue weighted by Crippen LogP contribution is -2.05. The molecule has 0 aliphatic rings. The molecule has 1 heterocycles. The van der Waals surface area contributed by atoms with Crippen LogP contribution in [0, 0.1) is 0 Å². The summed E-state index contributed by atoms with van der Waals surface area (Å²) < 4.78 is 36.6. The van der Waals surface area contributed by atoms with Crippen LogP contribution in [-0.2, 0) is 6.18 Å². The Morgan fingerprint density at radius 3 is 2.50 bits per heavy atom. The van der Waals surface area contributed by atoms with E-state index >= 15 is 0 Å². The molecule has 1 aromatic heterocycles. The number of unbranched alkanes of at least 4 members (excludes halogenated alkanes) is 1. The summed E-state index contributed by atoms with van der Waals surface area (Å²) in [5.41, 5.74) is -0.729. The van der Waals surface area contributed by atoms with Crippen LogP contribution in [-0.4, -0.2) is 22.5 Å². The highest BCUT2D eigenvalue weighted by Gasteiger charge is 2.30. The van der Waals surface area contributed by atoms with Gasteiger partial charge in [-0.1, -0.05) is 0 Å². The molecule has 0 unspecified atom stereocenters. The molecule has 2 nitrogen and oxygen atoms in total. The number of aromatic nitrogens is 1. The fourth-order valence-corrected chi connectivity index (χ4v) is 1.87. The lowest BCUT2D eigenvalue weighted by Gasteiger charge is -2.06. The highest BCUT2D eigenvalue weighted by molar-refractivity contribution is 7.99. The van der Waals surface area contributed by atoms with E-state index in [-0.39, 0.29) is 6.61 Å². The summed E-state index contributed by atoms with van der Waals surface area (Å²) in [6.45, 7) is 0.140. The minimum atomic E-state index is -4.33. The molecular formula is C10H12F3NOS. The number of halogens is 3. The summed E-state index contributed by atoms with van der Waals surface area (Å²) in [5.74, 6) is 0.749. The molecular weight excluding hydrogens is 239 g/mol. The molecule has 0 bridgehead atoms. The fraction of sp³-hybridized carbons (Fsp3) is 0.500. The van der Waals surface area contributed by atoms with E-state index in [2.05, 4.69) is 4.98 Å². The van der Waals surface area contributed by atoms with Crippen LogP contribution < -0.4 is 0 Å². The van der Waals surface area contributed by atoms with E-state index in [1.165, 1.54) is 17.8 Å². The molecule has 0 radical (unpaired) electrons. The van der Waals surface area contributed by atoms with Gasteiger partial charge >= 0.3 is 6.18 Å². The number of hydrogen-bond acceptors (Lipinski definition) is 3. The van der Waals surface area contributed by atoms with Gasteiger partial charge in [0.2, 0.25) is 0 Å². The monoisotopic (exact) mass is 251 g/mol. The van der Waals surface area contributed by atoms with E-state index in [1.54, 1.807) is 0 Å². The number of aliphatic hydroxyl groups excluding tert-OH is 1. The Morgan fingerprint density at radius 2 is 2.00 bits per heavy atom. The third-order valence-corrected chi connectivity index (χ3v) is 2.90. The topological polar surface area (TPSA) is 33.1 Å². The summed E-state index contributed by atoms with van der Waals surface area (Å²) in [6, 6.07) is 2.40. The Morgan fingerprint density at radius 1 is 1.25 bits per heavy atom. The normalized spacial score (nSPS) is 11.8. The van der Waals surface area contributed by atoms with Crippen molar-refractivity contribution < 1.29 is 18.3 Å². The molecule has 0 saturated heterocycles. The maximum absolute atomic E-state index is 12.2. The first-order chi connectivity index (χ1) is 7.54. The van der Waals surface area contributed by atoms with Crippen molar-refractivity contribution in [3.05, 3.63) is 23.9 Å². The molecule has 0 amide bonds. The van der Waals surface area contributed by atoms with E-state index in [0.29, 0.717) is 11.4 Å². The Bertz CT molecular complexity index is 313. The zero-order valence-corrected chi connectivity index (χ0v) is 9.31. The van der Waals surface area contributed by atoms with Crippen molar-refractivity contribution >= 4 is 11.8 Å². The maximum Gasteiger partial charge on any atom is 0.417 e. The molecule has 0 aromatic carbocycles.